The molecule has 1 saturated heterocycles. The van der Waals surface area contributed by atoms with E-state index in [0.717, 1.165) is 12.5 Å². The summed E-state index contributed by atoms with van der Waals surface area (Å²) in [6.07, 6.45) is -2.36. The van der Waals surface area contributed by atoms with Crippen LogP contribution in [-0.4, -0.2) is 38.1 Å². The Morgan fingerprint density at radius 2 is 1.79 bits per heavy atom. The fourth-order valence-electron chi connectivity index (χ4n) is 4.02. The minimum atomic E-state index is -4.68. The lowest BCUT2D eigenvalue weighted by molar-refractivity contribution is -0.155. The third kappa shape index (κ3) is 5.06. The van der Waals surface area contributed by atoms with Crippen LogP contribution in [0, 0.1) is 5.92 Å². The number of sulfonamides is 1. The Labute approximate surface area is 190 Å². The maximum atomic E-state index is 13.4. The summed E-state index contributed by atoms with van der Waals surface area (Å²) >= 11 is 0. The molecule has 1 fully saturated rings. The van der Waals surface area contributed by atoms with Gasteiger partial charge in [-0.25, -0.2) is 8.42 Å². The zero-order valence-electron chi connectivity index (χ0n) is 17.9. The van der Waals surface area contributed by atoms with Gasteiger partial charge in [-0.05, 0) is 48.9 Å². The Morgan fingerprint density at radius 3 is 2.39 bits per heavy atom. The Hall–Kier alpha value is -2.85. The number of ether oxygens (including phenoxy) is 1. The summed E-state index contributed by atoms with van der Waals surface area (Å²) in [6, 6.07) is 14.9. The Kier molecular flexibility index (Phi) is 6.49. The molecule has 0 radical (unpaired) electrons. The molecule has 3 aromatic rings. The lowest BCUT2D eigenvalue weighted by atomic mass is 9.91. The first-order chi connectivity index (χ1) is 15.7. The molecule has 1 aliphatic rings. The van der Waals surface area contributed by atoms with Gasteiger partial charge in [-0.3, -0.25) is 0 Å². The smallest absolute Gasteiger partial charge is 0.452 e. The number of aromatic nitrogens is 1. The zero-order valence-corrected chi connectivity index (χ0v) is 18.7. The highest BCUT2D eigenvalue weighted by Gasteiger charge is 2.37. The topological polar surface area (TPSA) is 72.6 Å². The van der Waals surface area contributed by atoms with Crippen LogP contribution in [0.15, 0.2) is 64.0 Å². The minimum absolute atomic E-state index is 0.108. The molecule has 0 atom stereocenters. The van der Waals surface area contributed by atoms with Crippen molar-refractivity contribution in [1.82, 2.24) is 9.46 Å². The summed E-state index contributed by atoms with van der Waals surface area (Å²) in [6.45, 7) is 0.713. The average Bonchev–Trinajstić information content (AvgIpc) is 3.31. The maximum absolute atomic E-state index is 13.4. The van der Waals surface area contributed by atoms with Crippen molar-refractivity contribution >= 4 is 10.0 Å². The number of halogens is 3. The molecule has 33 heavy (non-hydrogen) atoms. The van der Waals surface area contributed by atoms with Crippen molar-refractivity contribution in [3.05, 3.63) is 65.9 Å². The van der Waals surface area contributed by atoms with Crippen molar-refractivity contribution in [3.8, 4) is 17.0 Å². The van der Waals surface area contributed by atoms with Gasteiger partial charge in [-0.2, -0.15) is 17.5 Å². The largest absolute Gasteiger partial charge is 0.495 e. The van der Waals surface area contributed by atoms with Crippen LogP contribution in [0.3, 0.4) is 0 Å². The zero-order chi connectivity index (χ0) is 23.6. The molecule has 0 N–H and O–H groups in total. The van der Waals surface area contributed by atoms with Gasteiger partial charge in [0.25, 0.3) is 0 Å². The summed E-state index contributed by atoms with van der Waals surface area (Å²) in [7, 11) is -2.58. The van der Waals surface area contributed by atoms with Crippen LogP contribution in [0.1, 0.15) is 24.2 Å². The molecule has 0 unspecified atom stereocenters. The number of rotatable bonds is 6. The number of benzene rings is 2. The molecule has 2 heterocycles. The Morgan fingerprint density at radius 1 is 1.09 bits per heavy atom. The third-order valence-electron chi connectivity index (χ3n) is 5.81. The highest BCUT2D eigenvalue weighted by Crippen LogP contribution is 2.36. The second-order valence-electron chi connectivity index (χ2n) is 7.98. The quantitative estimate of drug-likeness (QED) is 0.496. The first-order valence-electron chi connectivity index (χ1n) is 10.4. The van der Waals surface area contributed by atoms with E-state index in [1.165, 1.54) is 35.2 Å². The molecule has 0 amide bonds. The molecule has 1 aromatic heterocycles. The third-order valence-corrected chi connectivity index (χ3v) is 7.73. The van der Waals surface area contributed by atoms with E-state index in [-0.39, 0.29) is 21.9 Å². The molecule has 2 aromatic carbocycles. The number of piperidine rings is 1. The minimum Gasteiger partial charge on any atom is -0.495 e. The molecule has 6 nitrogen and oxygen atoms in total. The first-order valence-corrected chi connectivity index (χ1v) is 11.9. The maximum Gasteiger partial charge on any atom is 0.452 e. The molecule has 0 bridgehead atoms. The van der Waals surface area contributed by atoms with Gasteiger partial charge >= 0.3 is 6.18 Å². The van der Waals surface area contributed by atoms with Crippen molar-refractivity contribution in [2.75, 3.05) is 20.2 Å². The number of hydrogen-bond acceptors (Lipinski definition) is 5. The van der Waals surface area contributed by atoms with E-state index in [1.807, 2.05) is 18.2 Å². The second-order valence-corrected chi connectivity index (χ2v) is 9.88. The highest BCUT2D eigenvalue weighted by atomic mass is 32.2. The number of nitrogens with zero attached hydrogens (tertiary/aromatic N) is 2. The van der Waals surface area contributed by atoms with Crippen LogP contribution in [0.25, 0.3) is 11.3 Å². The predicted molar refractivity (Wildman–Crippen MR) is 115 cm³/mol. The fraction of sp³-hybridized carbons (Fsp3) is 0.348. The van der Waals surface area contributed by atoms with Gasteiger partial charge in [-0.1, -0.05) is 35.5 Å². The standard InChI is InChI=1S/C23H23F3N2O4S/c1-31-20-8-7-18(19-15-22(32-27-19)23(24,25)26)14-21(20)33(29,30)28-11-9-17(10-12-28)13-16-5-3-2-4-6-16/h2-8,14-15,17H,9-13H2,1H3. The van der Waals surface area contributed by atoms with Crippen LogP contribution in [0.5, 0.6) is 5.75 Å². The van der Waals surface area contributed by atoms with E-state index in [1.54, 1.807) is 0 Å². The summed E-state index contributed by atoms with van der Waals surface area (Å²) < 4.78 is 76.4. The van der Waals surface area contributed by atoms with Crippen LogP contribution in [0.2, 0.25) is 0 Å². The van der Waals surface area contributed by atoms with Gasteiger partial charge in [0.15, 0.2) is 0 Å². The van der Waals surface area contributed by atoms with Gasteiger partial charge in [0.1, 0.15) is 16.3 Å². The van der Waals surface area contributed by atoms with Crippen molar-refractivity contribution < 1.29 is 30.8 Å². The van der Waals surface area contributed by atoms with E-state index in [2.05, 4.69) is 21.8 Å². The van der Waals surface area contributed by atoms with Gasteiger partial charge in [0, 0.05) is 24.7 Å². The fourth-order valence-corrected chi connectivity index (χ4v) is 5.67. The molecule has 10 heteroatoms. The predicted octanol–water partition coefficient (Wildman–Crippen LogP) is 5.01. The van der Waals surface area contributed by atoms with Crippen LogP contribution >= 0.6 is 0 Å². The molecule has 4 rings (SSSR count). The molecular formula is C23H23F3N2O4S. The Balaban J connectivity index is 1.55. The summed E-state index contributed by atoms with van der Waals surface area (Å²) in [4.78, 5) is -0.111. The van der Waals surface area contributed by atoms with Crippen molar-refractivity contribution in [2.24, 2.45) is 5.92 Å². The van der Waals surface area contributed by atoms with E-state index in [9.17, 15) is 21.6 Å². The molecule has 0 aliphatic carbocycles. The molecule has 0 spiro atoms. The van der Waals surface area contributed by atoms with Crippen LogP contribution < -0.4 is 4.74 Å². The Bertz CT molecular complexity index is 1200. The lowest BCUT2D eigenvalue weighted by Gasteiger charge is -2.31. The summed E-state index contributed by atoms with van der Waals surface area (Å²) in [5.74, 6) is -0.758. The highest BCUT2D eigenvalue weighted by molar-refractivity contribution is 7.89. The van der Waals surface area contributed by atoms with Crippen LogP contribution in [-0.2, 0) is 22.6 Å². The van der Waals surface area contributed by atoms with E-state index in [4.69, 9.17) is 4.74 Å². The van der Waals surface area contributed by atoms with Gasteiger partial charge in [0.05, 0.1) is 7.11 Å². The van der Waals surface area contributed by atoms with E-state index >= 15 is 0 Å². The number of methoxy groups -OCH3 is 1. The SMILES string of the molecule is COc1ccc(-c2cc(C(F)(F)F)on2)cc1S(=O)(=O)N1CCC(Cc2ccccc2)CC1. The van der Waals surface area contributed by atoms with Gasteiger partial charge in [0.2, 0.25) is 15.8 Å². The first kappa shape index (κ1) is 23.3. The monoisotopic (exact) mass is 480 g/mol. The number of alkyl halides is 3. The van der Waals surface area contributed by atoms with Crippen molar-refractivity contribution in [3.63, 3.8) is 0 Å². The molecule has 176 valence electrons. The lowest BCUT2D eigenvalue weighted by Crippen LogP contribution is -2.39. The summed E-state index contributed by atoms with van der Waals surface area (Å²) in [5, 5.41) is 3.45. The number of hydrogen-bond donors (Lipinski definition) is 0. The van der Waals surface area contributed by atoms with Crippen molar-refractivity contribution in [2.45, 2.75) is 30.3 Å². The molecular weight excluding hydrogens is 457 g/mol. The van der Waals surface area contributed by atoms with E-state index < -0.39 is 22.0 Å². The summed E-state index contributed by atoms with van der Waals surface area (Å²) in [5.41, 5.74) is 1.30. The van der Waals surface area contributed by atoms with Gasteiger partial charge < -0.3 is 9.26 Å². The van der Waals surface area contributed by atoms with Crippen molar-refractivity contribution in [1.29, 1.82) is 0 Å². The normalized spacial score (nSPS) is 16.1. The van der Waals surface area contributed by atoms with Crippen LogP contribution in [0.4, 0.5) is 13.2 Å². The molecule has 1 aliphatic heterocycles. The molecule has 0 saturated carbocycles. The average molecular weight is 481 g/mol. The van der Waals surface area contributed by atoms with Gasteiger partial charge in [-0.15, -0.1) is 0 Å². The van der Waals surface area contributed by atoms with E-state index in [0.29, 0.717) is 31.8 Å². The second kappa shape index (κ2) is 9.18.